The molecule has 0 aromatic carbocycles. The van der Waals surface area contributed by atoms with Crippen LogP contribution in [-0.2, 0) is 19.1 Å². The van der Waals surface area contributed by atoms with E-state index in [0.717, 1.165) is 6.42 Å². The van der Waals surface area contributed by atoms with Gasteiger partial charge in [-0.3, -0.25) is 19.7 Å². The zero-order chi connectivity index (χ0) is 12.4. The van der Waals surface area contributed by atoms with Crippen LogP contribution in [0.5, 0.6) is 0 Å². The predicted octanol–water partition coefficient (Wildman–Crippen LogP) is -0.713. The number of ether oxygens (including phenoxy) is 1. The van der Waals surface area contributed by atoms with E-state index in [9.17, 15) is 14.4 Å². The SMILES string of the molecule is CCC1OCCC1C(=O)N1CC(=O)NC(=O)C1. The lowest BCUT2D eigenvalue weighted by atomic mass is 9.97. The molecule has 2 heterocycles. The number of nitrogens with zero attached hydrogens (tertiary/aromatic N) is 1. The van der Waals surface area contributed by atoms with Gasteiger partial charge >= 0.3 is 0 Å². The monoisotopic (exact) mass is 240 g/mol. The fourth-order valence-electron chi connectivity index (χ4n) is 2.36. The summed E-state index contributed by atoms with van der Waals surface area (Å²) in [5.74, 6) is -1.18. The van der Waals surface area contributed by atoms with E-state index in [4.69, 9.17) is 4.74 Å². The molecule has 94 valence electrons. The lowest BCUT2D eigenvalue weighted by Gasteiger charge is -2.29. The van der Waals surface area contributed by atoms with Gasteiger partial charge in [-0.05, 0) is 12.8 Å². The maximum absolute atomic E-state index is 12.2. The first-order chi connectivity index (χ1) is 8.11. The molecule has 0 aromatic heterocycles. The van der Waals surface area contributed by atoms with Crippen LogP contribution in [0.2, 0.25) is 0 Å². The van der Waals surface area contributed by atoms with Gasteiger partial charge in [-0.1, -0.05) is 6.92 Å². The number of carbonyl (C=O) groups is 3. The van der Waals surface area contributed by atoms with Crippen molar-refractivity contribution in [2.45, 2.75) is 25.9 Å². The highest BCUT2D eigenvalue weighted by molar-refractivity contribution is 6.02. The summed E-state index contributed by atoms with van der Waals surface area (Å²) in [4.78, 5) is 35.9. The van der Waals surface area contributed by atoms with Crippen molar-refractivity contribution in [3.63, 3.8) is 0 Å². The van der Waals surface area contributed by atoms with E-state index in [1.807, 2.05) is 6.92 Å². The molecule has 17 heavy (non-hydrogen) atoms. The number of piperazine rings is 1. The van der Waals surface area contributed by atoms with Crippen LogP contribution in [0.15, 0.2) is 0 Å². The Kier molecular flexibility index (Phi) is 3.42. The van der Waals surface area contributed by atoms with E-state index in [2.05, 4.69) is 5.32 Å². The third-order valence-electron chi connectivity index (χ3n) is 3.19. The molecule has 6 nitrogen and oxygen atoms in total. The Morgan fingerprint density at radius 2 is 2.06 bits per heavy atom. The van der Waals surface area contributed by atoms with Crippen LogP contribution in [-0.4, -0.2) is 48.4 Å². The van der Waals surface area contributed by atoms with Crippen LogP contribution in [0.1, 0.15) is 19.8 Å². The summed E-state index contributed by atoms with van der Waals surface area (Å²) in [5, 5.41) is 2.18. The normalized spacial score (nSPS) is 29.4. The first-order valence-corrected chi connectivity index (χ1v) is 5.85. The highest BCUT2D eigenvalue weighted by Gasteiger charge is 2.37. The number of imide groups is 1. The van der Waals surface area contributed by atoms with Gasteiger partial charge in [0, 0.05) is 6.61 Å². The van der Waals surface area contributed by atoms with Crippen LogP contribution in [0, 0.1) is 5.92 Å². The molecule has 0 aliphatic carbocycles. The van der Waals surface area contributed by atoms with E-state index in [1.165, 1.54) is 4.90 Å². The number of nitrogens with one attached hydrogen (secondary N) is 1. The van der Waals surface area contributed by atoms with Crippen LogP contribution < -0.4 is 5.32 Å². The smallest absolute Gasteiger partial charge is 0.246 e. The molecule has 0 aromatic rings. The second kappa shape index (κ2) is 4.83. The first-order valence-electron chi connectivity index (χ1n) is 5.85. The summed E-state index contributed by atoms with van der Waals surface area (Å²) in [5.41, 5.74) is 0. The number of amides is 3. The molecule has 6 heteroatoms. The Morgan fingerprint density at radius 3 is 2.65 bits per heavy atom. The lowest BCUT2D eigenvalue weighted by molar-refractivity contribution is -0.148. The van der Waals surface area contributed by atoms with Crippen molar-refractivity contribution in [1.29, 1.82) is 0 Å². The van der Waals surface area contributed by atoms with Gasteiger partial charge in [0.15, 0.2) is 0 Å². The molecule has 2 saturated heterocycles. The molecule has 2 aliphatic rings. The third-order valence-corrected chi connectivity index (χ3v) is 3.19. The van der Waals surface area contributed by atoms with Gasteiger partial charge in [0.25, 0.3) is 0 Å². The highest BCUT2D eigenvalue weighted by atomic mass is 16.5. The molecule has 0 saturated carbocycles. The van der Waals surface area contributed by atoms with Crippen molar-refractivity contribution in [2.75, 3.05) is 19.7 Å². The van der Waals surface area contributed by atoms with Gasteiger partial charge in [0.1, 0.15) is 13.1 Å². The maximum Gasteiger partial charge on any atom is 0.246 e. The molecule has 2 fully saturated rings. The van der Waals surface area contributed by atoms with E-state index < -0.39 is 11.8 Å². The number of rotatable bonds is 2. The molecule has 1 N–H and O–H groups in total. The van der Waals surface area contributed by atoms with Crippen LogP contribution in [0.25, 0.3) is 0 Å². The Morgan fingerprint density at radius 1 is 1.41 bits per heavy atom. The quantitative estimate of drug-likeness (QED) is 0.647. The minimum Gasteiger partial charge on any atom is -0.377 e. The minimum absolute atomic E-state index is 0.0303. The Balaban J connectivity index is 2.03. The van der Waals surface area contributed by atoms with Crippen molar-refractivity contribution < 1.29 is 19.1 Å². The second-order valence-corrected chi connectivity index (χ2v) is 4.38. The van der Waals surface area contributed by atoms with E-state index in [0.29, 0.717) is 13.0 Å². The summed E-state index contributed by atoms with van der Waals surface area (Å²) < 4.78 is 5.45. The third kappa shape index (κ3) is 2.46. The summed E-state index contributed by atoms with van der Waals surface area (Å²) in [6, 6.07) is 0. The van der Waals surface area contributed by atoms with Gasteiger partial charge in [0.2, 0.25) is 17.7 Å². The fourth-order valence-corrected chi connectivity index (χ4v) is 2.36. The molecular formula is C11H16N2O4. The van der Waals surface area contributed by atoms with Gasteiger partial charge < -0.3 is 9.64 Å². The van der Waals surface area contributed by atoms with E-state index in [-0.39, 0.29) is 31.0 Å². The summed E-state index contributed by atoms with van der Waals surface area (Å²) in [6.07, 6.45) is 1.36. The molecule has 2 atom stereocenters. The van der Waals surface area contributed by atoms with Gasteiger partial charge in [-0.15, -0.1) is 0 Å². The van der Waals surface area contributed by atoms with Crippen molar-refractivity contribution in [3.8, 4) is 0 Å². The average molecular weight is 240 g/mol. The van der Waals surface area contributed by atoms with Crippen molar-refractivity contribution in [2.24, 2.45) is 5.92 Å². The topological polar surface area (TPSA) is 75.7 Å². The molecule has 0 radical (unpaired) electrons. The standard InChI is InChI=1S/C11H16N2O4/c1-2-8-7(3-4-17-8)11(16)13-5-9(14)12-10(15)6-13/h7-8H,2-6H2,1H3,(H,12,14,15). The number of hydrogen-bond acceptors (Lipinski definition) is 4. The van der Waals surface area contributed by atoms with Crippen molar-refractivity contribution in [1.82, 2.24) is 10.2 Å². The van der Waals surface area contributed by atoms with E-state index in [1.54, 1.807) is 0 Å². The zero-order valence-electron chi connectivity index (χ0n) is 9.77. The maximum atomic E-state index is 12.2. The zero-order valence-corrected chi connectivity index (χ0v) is 9.77. The van der Waals surface area contributed by atoms with Crippen LogP contribution in [0.3, 0.4) is 0 Å². The number of hydrogen-bond donors (Lipinski definition) is 1. The average Bonchev–Trinajstić information content (AvgIpc) is 2.74. The van der Waals surface area contributed by atoms with Crippen LogP contribution >= 0.6 is 0 Å². The van der Waals surface area contributed by atoms with Crippen molar-refractivity contribution >= 4 is 17.7 Å². The Labute approximate surface area is 99.3 Å². The minimum atomic E-state index is -0.415. The summed E-state index contributed by atoms with van der Waals surface area (Å²) >= 11 is 0. The number of carbonyl (C=O) groups excluding carboxylic acids is 3. The Bertz CT molecular complexity index is 339. The molecule has 2 unspecified atom stereocenters. The molecule has 2 rings (SSSR count). The second-order valence-electron chi connectivity index (χ2n) is 4.38. The molecule has 2 aliphatic heterocycles. The molecule has 0 spiro atoms. The van der Waals surface area contributed by atoms with Gasteiger partial charge in [-0.2, -0.15) is 0 Å². The van der Waals surface area contributed by atoms with Gasteiger partial charge in [-0.25, -0.2) is 0 Å². The molecule has 0 bridgehead atoms. The van der Waals surface area contributed by atoms with Crippen LogP contribution in [0.4, 0.5) is 0 Å². The summed E-state index contributed by atoms with van der Waals surface area (Å²) in [6.45, 7) is 2.47. The molecular weight excluding hydrogens is 224 g/mol. The van der Waals surface area contributed by atoms with E-state index >= 15 is 0 Å². The first kappa shape index (κ1) is 12.0. The Hall–Kier alpha value is -1.43. The highest BCUT2D eigenvalue weighted by Crippen LogP contribution is 2.25. The largest absolute Gasteiger partial charge is 0.377 e. The predicted molar refractivity (Wildman–Crippen MR) is 57.9 cm³/mol. The summed E-state index contributed by atoms with van der Waals surface area (Å²) in [7, 11) is 0. The fraction of sp³-hybridized carbons (Fsp3) is 0.727. The van der Waals surface area contributed by atoms with Gasteiger partial charge in [0.05, 0.1) is 12.0 Å². The molecule has 3 amide bonds. The lowest BCUT2D eigenvalue weighted by Crippen LogP contribution is -2.55. The van der Waals surface area contributed by atoms with Crippen molar-refractivity contribution in [3.05, 3.63) is 0 Å².